The van der Waals surface area contributed by atoms with Gasteiger partial charge < -0.3 is 16.4 Å². The maximum absolute atomic E-state index is 13.1. The first kappa shape index (κ1) is 18.1. The molecule has 136 valence electrons. The van der Waals surface area contributed by atoms with Gasteiger partial charge in [-0.2, -0.15) is 0 Å². The van der Waals surface area contributed by atoms with Crippen molar-refractivity contribution in [3.63, 3.8) is 0 Å². The predicted octanol–water partition coefficient (Wildman–Crippen LogP) is 3.72. The minimum absolute atomic E-state index is 0.322. The lowest BCUT2D eigenvalue weighted by Gasteiger charge is -2.20. The fraction of sp³-hybridized carbons (Fsp3) is 0.0476. The normalized spacial score (nSPS) is 11.4. The average molecular weight is 363 g/mol. The maximum atomic E-state index is 13.1. The van der Waals surface area contributed by atoms with Gasteiger partial charge in [-0.25, -0.2) is 4.39 Å². The summed E-state index contributed by atoms with van der Waals surface area (Å²) in [5.74, 6) is -1.25. The Morgan fingerprint density at radius 1 is 0.852 bits per heavy atom. The molecule has 0 saturated carbocycles. The third kappa shape index (κ3) is 4.70. The first-order valence-electron chi connectivity index (χ1n) is 8.31. The zero-order chi connectivity index (χ0) is 19.2. The van der Waals surface area contributed by atoms with Gasteiger partial charge in [0, 0.05) is 16.9 Å². The van der Waals surface area contributed by atoms with Crippen molar-refractivity contribution in [2.45, 2.75) is 6.04 Å². The molecular weight excluding hydrogens is 345 g/mol. The summed E-state index contributed by atoms with van der Waals surface area (Å²) >= 11 is 0. The van der Waals surface area contributed by atoms with Crippen molar-refractivity contribution < 1.29 is 14.0 Å². The van der Waals surface area contributed by atoms with Crippen LogP contribution in [-0.2, 0) is 4.79 Å². The van der Waals surface area contributed by atoms with Crippen molar-refractivity contribution in [1.29, 1.82) is 0 Å². The summed E-state index contributed by atoms with van der Waals surface area (Å²) in [6.07, 6.45) is 0. The van der Waals surface area contributed by atoms with Crippen LogP contribution in [0.3, 0.4) is 0 Å². The van der Waals surface area contributed by atoms with Crippen LogP contribution in [0.25, 0.3) is 0 Å². The van der Waals surface area contributed by atoms with E-state index in [1.165, 1.54) is 24.3 Å². The van der Waals surface area contributed by atoms with Crippen molar-refractivity contribution >= 4 is 23.2 Å². The molecular formula is C21H18FN3O2. The van der Waals surface area contributed by atoms with Crippen LogP contribution >= 0.6 is 0 Å². The highest BCUT2D eigenvalue weighted by Gasteiger charge is 2.21. The Labute approximate surface area is 156 Å². The molecule has 0 saturated heterocycles. The van der Waals surface area contributed by atoms with Crippen molar-refractivity contribution in [3.8, 4) is 0 Å². The number of benzene rings is 3. The van der Waals surface area contributed by atoms with E-state index in [9.17, 15) is 14.0 Å². The van der Waals surface area contributed by atoms with Gasteiger partial charge in [0.25, 0.3) is 5.91 Å². The van der Waals surface area contributed by atoms with E-state index >= 15 is 0 Å². The van der Waals surface area contributed by atoms with Crippen molar-refractivity contribution in [1.82, 2.24) is 0 Å². The van der Waals surface area contributed by atoms with Gasteiger partial charge in [0.1, 0.15) is 11.9 Å². The van der Waals surface area contributed by atoms with E-state index < -0.39 is 11.9 Å². The Morgan fingerprint density at radius 2 is 1.56 bits per heavy atom. The molecule has 3 rings (SSSR count). The van der Waals surface area contributed by atoms with Gasteiger partial charge in [-0.05, 0) is 48.0 Å². The van der Waals surface area contributed by atoms with E-state index in [-0.39, 0.29) is 11.7 Å². The Balaban J connectivity index is 1.87. The van der Waals surface area contributed by atoms with Crippen molar-refractivity contribution in [2.24, 2.45) is 5.73 Å². The number of anilines is 2. The summed E-state index contributed by atoms with van der Waals surface area (Å²) in [5.41, 5.74) is 7.46. The summed E-state index contributed by atoms with van der Waals surface area (Å²) in [6, 6.07) is 20.6. The average Bonchev–Trinajstić information content (AvgIpc) is 2.68. The second-order valence-corrected chi connectivity index (χ2v) is 5.93. The molecule has 1 atom stereocenters. The molecule has 6 heteroatoms. The first-order chi connectivity index (χ1) is 13.0. The number of rotatable bonds is 6. The Bertz CT molecular complexity index is 943. The molecule has 3 aromatic rings. The fourth-order valence-electron chi connectivity index (χ4n) is 2.62. The predicted molar refractivity (Wildman–Crippen MR) is 103 cm³/mol. The quantitative estimate of drug-likeness (QED) is 0.624. The molecule has 0 radical (unpaired) electrons. The van der Waals surface area contributed by atoms with Gasteiger partial charge in [0.05, 0.1) is 0 Å². The molecule has 3 aromatic carbocycles. The zero-order valence-corrected chi connectivity index (χ0v) is 14.4. The van der Waals surface area contributed by atoms with E-state index in [0.717, 1.165) is 5.56 Å². The first-order valence-corrected chi connectivity index (χ1v) is 8.31. The molecule has 27 heavy (non-hydrogen) atoms. The Hall–Kier alpha value is -3.67. The second-order valence-electron chi connectivity index (χ2n) is 5.93. The molecule has 0 aliphatic carbocycles. The lowest BCUT2D eigenvalue weighted by atomic mass is 10.0. The number of carbonyl (C=O) groups excluding carboxylic acids is 2. The van der Waals surface area contributed by atoms with Crippen LogP contribution in [0.1, 0.15) is 22.0 Å². The van der Waals surface area contributed by atoms with Crippen LogP contribution in [0.15, 0.2) is 78.9 Å². The third-order valence-corrected chi connectivity index (χ3v) is 3.96. The minimum atomic E-state index is -0.723. The largest absolute Gasteiger partial charge is 0.370 e. The minimum Gasteiger partial charge on any atom is -0.370 e. The number of hydrogen-bond donors (Lipinski definition) is 3. The van der Waals surface area contributed by atoms with Crippen LogP contribution in [0.2, 0.25) is 0 Å². The van der Waals surface area contributed by atoms with E-state index in [2.05, 4.69) is 10.6 Å². The van der Waals surface area contributed by atoms with Crippen molar-refractivity contribution in [3.05, 3.63) is 95.8 Å². The molecule has 0 aliphatic rings. The Morgan fingerprint density at radius 3 is 2.22 bits per heavy atom. The van der Waals surface area contributed by atoms with Crippen LogP contribution in [0.5, 0.6) is 0 Å². The number of nitrogens with one attached hydrogen (secondary N) is 2. The standard InChI is InChI=1S/C21H18FN3O2/c22-16-9-11-17(12-10-16)25-21(27)19(14-5-2-1-3-6-14)24-18-8-4-7-15(13-18)20(23)26/h1-13,19,24H,(H2,23,26)(H,25,27)/t19-/m1/s1. The number of amides is 2. The number of nitrogens with two attached hydrogens (primary N) is 1. The van der Waals surface area contributed by atoms with Gasteiger partial charge in [-0.15, -0.1) is 0 Å². The van der Waals surface area contributed by atoms with E-state index in [1.807, 2.05) is 30.3 Å². The molecule has 4 N–H and O–H groups in total. The van der Waals surface area contributed by atoms with Gasteiger partial charge in [-0.3, -0.25) is 9.59 Å². The second kappa shape index (κ2) is 8.14. The maximum Gasteiger partial charge on any atom is 0.251 e. The summed E-state index contributed by atoms with van der Waals surface area (Å²) in [6.45, 7) is 0. The molecule has 0 heterocycles. The molecule has 0 aliphatic heterocycles. The van der Waals surface area contributed by atoms with Crippen LogP contribution in [0, 0.1) is 5.82 Å². The summed E-state index contributed by atoms with van der Waals surface area (Å²) in [4.78, 5) is 24.3. The summed E-state index contributed by atoms with van der Waals surface area (Å²) in [7, 11) is 0. The van der Waals surface area contributed by atoms with Crippen molar-refractivity contribution in [2.75, 3.05) is 10.6 Å². The lowest BCUT2D eigenvalue weighted by molar-refractivity contribution is -0.117. The highest BCUT2D eigenvalue weighted by molar-refractivity contribution is 5.98. The van der Waals surface area contributed by atoms with E-state index in [1.54, 1.807) is 24.3 Å². The third-order valence-electron chi connectivity index (χ3n) is 3.96. The van der Waals surface area contributed by atoms with Crippen LogP contribution in [-0.4, -0.2) is 11.8 Å². The number of halogens is 1. The Kier molecular flexibility index (Phi) is 5.47. The number of carbonyl (C=O) groups is 2. The van der Waals surface area contributed by atoms with E-state index in [0.29, 0.717) is 16.9 Å². The molecule has 0 unspecified atom stereocenters. The van der Waals surface area contributed by atoms with E-state index in [4.69, 9.17) is 5.73 Å². The number of hydrogen-bond acceptors (Lipinski definition) is 3. The fourth-order valence-corrected chi connectivity index (χ4v) is 2.62. The van der Waals surface area contributed by atoms with Gasteiger partial charge in [0.2, 0.25) is 5.91 Å². The van der Waals surface area contributed by atoms with Crippen LogP contribution < -0.4 is 16.4 Å². The topological polar surface area (TPSA) is 84.2 Å². The van der Waals surface area contributed by atoms with Gasteiger partial charge >= 0.3 is 0 Å². The molecule has 0 fully saturated rings. The van der Waals surface area contributed by atoms with Gasteiger partial charge in [0.15, 0.2) is 0 Å². The molecule has 5 nitrogen and oxygen atoms in total. The summed E-state index contributed by atoms with van der Waals surface area (Å²) in [5, 5.41) is 5.89. The monoisotopic (exact) mass is 363 g/mol. The molecule has 0 aromatic heterocycles. The van der Waals surface area contributed by atoms with Crippen LogP contribution in [0.4, 0.5) is 15.8 Å². The highest BCUT2D eigenvalue weighted by atomic mass is 19.1. The molecule has 0 bridgehead atoms. The number of primary amides is 1. The smallest absolute Gasteiger partial charge is 0.251 e. The lowest BCUT2D eigenvalue weighted by Crippen LogP contribution is -2.27. The van der Waals surface area contributed by atoms with Gasteiger partial charge in [-0.1, -0.05) is 36.4 Å². The molecule has 2 amide bonds. The zero-order valence-electron chi connectivity index (χ0n) is 14.4. The molecule has 0 spiro atoms. The summed E-state index contributed by atoms with van der Waals surface area (Å²) < 4.78 is 13.1. The SMILES string of the molecule is NC(=O)c1cccc(N[C@@H](C(=O)Nc2ccc(F)cc2)c2ccccc2)c1. The highest BCUT2D eigenvalue weighted by Crippen LogP contribution is 2.22.